The Morgan fingerprint density at radius 3 is 1.25 bits per heavy atom. The Kier molecular flexibility index (Phi) is 5.75. The SMILES string of the molecule is C=CS(=O)(=O)OC(C)(C)C#CC(C)(C)OS(=O)(=O)C=C. The van der Waals surface area contributed by atoms with Crippen LogP contribution in [0.2, 0.25) is 0 Å². The van der Waals surface area contributed by atoms with Gasteiger partial charge in [0.2, 0.25) is 0 Å². The minimum atomic E-state index is -3.90. The predicted molar refractivity (Wildman–Crippen MR) is 76.3 cm³/mol. The summed E-state index contributed by atoms with van der Waals surface area (Å²) in [6, 6.07) is 0. The molecule has 0 aromatic heterocycles. The smallest absolute Gasteiger partial charge is 0.248 e. The third kappa shape index (κ3) is 7.45. The maximum absolute atomic E-state index is 11.3. The normalized spacial score (nSPS) is 13.2. The van der Waals surface area contributed by atoms with E-state index in [0.717, 1.165) is 0 Å². The van der Waals surface area contributed by atoms with Crippen molar-refractivity contribution in [3.63, 3.8) is 0 Å². The van der Waals surface area contributed by atoms with E-state index in [4.69, 9.17) is 8.37 Å². The van der Waals surface area contributed by atoms with Crippen LogP contribution in [0.25, 0.3) is 0 Å². The molecule has 0 aliphatic heterocycles. The summed E-state index contributed by atoms with van der Waals surface area (Å²) in [5, 5.41) is 1.31. The first-order valence-electron chi connectivity index (χ1n) is 5.45. The van der Waals surface area contributed by atoms with Crippen LogP contribution in [0.5, 0.6) is 0 Å². The van der Waals surface area contributed by atoms with Gasteiger partial charge in [0.15, 0.2) is 0 Å². The quantitative estimate of drug-likeness (QED) is 0.544. The highest BCUT2D eigenvalue weighted by molar-refractivity contribution is 7.89. The number of hydrogen-bond acceptors (Lipinski definition) is 6. The molecule has 0 aliphatic rings. The summed E-state index contributed by atoms with van der Waals surface area (Å²) in [7, 11) is -7.80. The Morgan fingerprint density at radius 2 is 1.05 bits per heavy atom. The third-order valence-electron chi connectivity index (χ3n) is 1.72. The van der Waals surface area contributed by atoms with Crippen molar-refractivity contribution >= 4 is 20.2 Å². The summed E-state index contributed by atoms with van der Waals surface area (Å²) in [6.45, 7) is 11.9. The maximum atomic E-state index is 11.3. The molecule has 0 spiro atoms. The van der Waals surface area contributed by atoms with Crippen LogP contribution < -0.4 is 0 Å². The second kappa shape index (κ2) is 6.10. The zero-order chi connectivity index (χ0) is 16.2. The highest BCUT2D eigenvalue weighted by atomic mass is 32.2. The van der Waals surface area contributed by atoms with Crippen molar-refractivity contribution in [2.24, 2.45) is 0 Å². The summed E-state index contributed by atoms with van der Waals surface area (Å²) in [4.78, 5) is 0. The second-order valence-corrected chi connectivity index (χ2v) is 7.73. The van der Waals surface area contributed by atoms with Gasteiger partial charge in [-0.15, -0.1) is 0 Å². The van der Waals surface area contributed by atoms with Gasteiger partial charge in [0.1, 0.15) is 11.2 Å². The van der Waals surface area contributed by atoms with Crippen molar-refractivity contribution in [3.8, 4) is 11.8 Å². The summed E-state index contributed by atoms with van der Waals surface area (Å²) >= 11 is 0. The topological polar surface area (TPSA) is 86.7 Å². The van der Waals surface area contributed by atoms with Crippen LogP contribution in [-0.4, -0.2) is 28.0 Å². The molecule has 0 fully saturated rings. The lowest BCUT2D eigenvalue weighted by molar-refractivity contribution is 0.172. The van der Waals surface area contributed by atoms with E-state index >= 15 is 0 Å². The molecule has 6 nitrogen and oxygen atoms in total. The van der Waals surface area contributed by atoms with Crippen LogP contribution in [0, 0.1) is 11.8 Å². The molecule has 114 valence electrons. The van der Waals surface area contributed by atoms with E-state index < -0.39 is 31.4 Å². The van der Waals surface area contributed by atoms with Gasteiger partial charge in [0.05, 0.1) is 10.8 Å². The molecule has 0 aromatic carbocycles. The van der Waals surface area contributed by atoms with E-state index in [-0.39, 0.29) is 0 Å². The first-order chi connectivity index (χ1) is 8.74. The Hall–Kier alpha value is -1.14. The zero-order valence-corrected chi connectivity index (χ0v) is 13.5. The molecule has 0 saturated heterocycles. The lowest BCUT2D eigenvalue weighted by Gasteiger charge is -2.20. The molecule has 0 unspecified atom stereocenters. The van der Waals surface area contributed by atoms with Gasteiger partial charge in [-0.05, 0) is 27.7 Å². The van der Waals surface area contributed by atoms with Gasteiger partial charge >= 0.3 is 0 Å². The molecule has 0 N–H and O–H groups in total. The highest BCUT2D eigenvalue weighted by Gasteiger charge is 2.26. The van der Waals surface area contributed by atoms with Crippen molar-refractivity contribution in [1.29, 1.82) is 0 Å². The van der Waals surface area contributed by atoms with Crippen molar-refractivity contribution in [3.05, 3.63) is 24.0 Å². The molecule has 0 rings (SSSR count). The fourth-order valence-corrected chi connectivity index (χ4v) is 2.37. The van der Waals surface area contributed by atoms with Gasteiger partial charge < -0.3 is 0 Å². The van der Waals surface area contributed by atoms with E-state index in [9.17, 15) is 16.8 Å². The van der Waals surface area contributed by atoms with E-state index in [1.807, 2.05) is 0 Å². The largest absolute Gasteiger partial charge is 0.290 e. The molecule has 0 aliphatic carbocycles. The Labute approximate surface area is 120 Å². The van der Waals surface area contributed by atoms with Crippen LogP contribution in [0.1, 0.15) is 27.7 Å². The lowest BCUT2D eigenvalue weighted by Crippen LogP contribution is -2.29. The second-order valence-electron chi connectivity index (χ2n) is 4.76. The molecule has 0 amide bonds. The standard InChI is InChI=1S/C12H18O6S2/c1-7-19(13,14)17-11(3,4)9-10-12(5,6)18-20(15,16)8-2/h7-8H,1-2H2,3-6H3. The van der Waals surface area contributed by atoms with Crippen LogP contribution in [-0.2, 0) is 28.6 Å². The molecule has 0 heterocycles. The summed E-state index contributed by atoms with van der Waals surface area (Å²) in [5.41, 5.74) is -2.71. The highest BCUT2D eigenvalue weighted by Crippen LogP contribution is 2.17. The van der Waals surface area contributed by atoms with Gasteiger partial charge in [0.25, 0.3) is 20.2 Å². The van der Waals surface area contributed by atoms with E-state index in [2.05, 4.69) is 25.0 Å². The molecule has 8 heteroatoms. The monoisotopic (exact) mass is 322 g/mol. The molecular formula is C12H18O6S2. The predicted octanol–water partition coefficient (Wildman–Crippen LogP) is 1.53. The van der Waals surface area contributed by atoms with Crippen molar-refractivity contribution in [2.75, 3.05) is 0 Å². The van der Waals surface area contributed by atoms with Gasteiger partial charge in [-0.2, -0.15) is 16.8 Å². The average molecular weight is 322 g/mol. The minimum Gasteiger partial charge on any atom is -0.248 e. The van der Waals surface area contributed by atoms with E-state index in [1.54, 1.807) is 0 Å². The first-order valence-corrected chi connectivity index (χ1v) is 8.39. The maximum Gasteiger partial charge on any atom is 0.290 e. The zero-order valence-electron chi connectivity index (χ0n) is 11.8. The Morgan fingerprint density at radius 1 is 0.800 bits per heavy atom. The van der Waals surface area contributed by atoms with Gasteiger partial charge in [-0.3, -0.25) is 0 Å². The fraction of sp³-hybridized carbons (Fsp3) is 0.500. The Bertz CT molecular complexity index is 586. The number of hydrogen-bond donors (Lipinski definition) is 0. The first kappa shape index (κ1) is 18.9. The summed E-state index contributed by atoms with van der Waals surface area (Å²) < 4.78 is 54.6. The molecular weight excluding hydrogens is 304 g/mol. The summed E-state index contributed by atoms with van der Waals surface area (Å²) in [6.07, 6.45) is 0. The lowest BCUT2D eigenvalue weighted by atomic mass is 10.1. The molecule has 0 aromatic rings. The van der Waals surface area contributed by atoms with Gasteiger partial charge in [-0.25, -0.2) is 8.37 Å². The van der Waals surface area contributed by atoms with Crippen LogP contribution in [0.3, 0.4) is 0 Å². The fourth-order valence-electron chi connectivity index (χ4n) is 0.992. The molecule has 20 heavy (non-hydrogen) atoms. The summed E-state index contributed by atoms with van der Waals surface area (Å²) in [5.74, 6) is 5.03. The molecule has 0 radical (unpaired) electrons. The van der Waals surface area contributed by atoms with Gasteiger partial charge in [-0.1, -0.05) is 25.0 Å². The van der Waals surface area contributed by atoms with Crippen molar-refractivity contribution < 1.29 is 25.2 Å². The van der Waals surface area contributed by atoms with Crippen LogP contribution in [0.15, 0.2) is 24.0 Å². The van der Waals surface area contributed by atoms with Crippen LogP contribution in [0.4, 0.5) is 0 Å². The third-order valence-corrected chi connectivity index (χ3v) is 3.84. The van der Waals surface area contributed by atoms with E-state index in [0.29, 0.717) is 10.8 Å². The minimum absolute atomic E-state index is 0.653. The molecule has 0 bridgehead atoms. The molecule has 0 saturated carbocycles. The van der Waals surface area contributed by atoms with Crippen molar-refractivity contribution in [2.45, 2.75) is 38.9 Å². The van der Waals surface area contributed by atoms with Crippen LogP contribution >= 0.6 is 0 Å². The molecule has 0 atom stereocenters. The van der Waals surface area contributed by atoms with Crippen molar-refractivity contribution in [1.82, 2.24) is 0 Å². The Balaban J connectivity index is 5.22. The number of rotatable bonds is 6. The van der Waals surface area contributed by atoms with Gasteiger partial charge in [0, 0.05) is 0 Å². The average Bonchev–Trinajstić information content (AvgIpc) is 2.24. The van der Waals surface area contributed by atoms with E-state index in [1.165, 1.54) is 27.7 Å².